The summed E-state index contributed by atoms with van der Waals surface area (Å²) in [4.78, 5) is 25.6. The van der Waals surface area contributed by atoms with E-state index < -0.39 is 0 Å². The Morgan fingerprint density at radius 2 is 0.915 bits per heavy atom. The summed E-state index contributed by atoms with van der Waals surface area (Å²) in [5.74, 6) is 1.38. The third kappa shape index (κ3) is 7.34. The molecule has 47 heavy (non-hydrogen) atoms. The van der Waals surface area contributed by atoms with E-state index in [-0.39, 0.29) is 22.5 Å². The van der Waals surface area contributed by atoms with Crippen molar-refractivity contribution in [2.75, 3.05) is 13.2 Å². The molecule has 6 aromatic rings. The van der Waals surface area contributed by atoms with Crippen molar-refractivity contribution in [3.63, 3.8) is 0 Å². The molecule has 0 bridgehead atoms. The number of benzene rings is 4. The van der Waals surface area contributed by atoms with Crippen LogP contribution in [-0.2, 0) is 0 Å². The second-order valence-electron chi connectivity index (χ2n) is 10.6. The molecule has 0 unspecified atom stereocenters. The molecule has 12 heteroatoms. The molecule has 0 fully saturated rings. The average molecular weight is 629 g/mol. The van der Waals surface area contributed by atoms with Gasteiger partial charge in [-0.05, 0) is 86.6 Å². The topological polar surface area (TPSA) is 143 Å². The predicted octanol–water partition coefficient (Wildman–Crippen LogP) is 7.94. The van der Waals surface area contributed by atoms with Crippen LogP contribution in [0, 0.1) is 13.8 Å². The summed E-state index contributed by atoms with van der Waals surface area (Å²) in [5, 5.41) is 22.9. The Bertz CT molecular complexity index is 1960. The van der Waals surface area contributed by atoms with Gasteiger partial charge in [-0.25, -0.2) is 9.36 Å². The fourth-order valence-electron chi connectivity index (χ4n) is 4.70. The van der Waals surface area contributed by atoms with Gasteiger partial charge in [0.25, 0.3) is 11.1 Å². The van der Waals surface area contributed by atoms with Gasteiger partial charge >= 0.3 is 0 Å². The minimum atomic E-state index is -0.264. The molecule has 0 spiro atoms. The van der Waals surface area contributed by atoms with Crippen molar-refractivity contribution in [2.24, 2.45) is 20.5 Å². The summed E-state index contributed by atoms with van der Waals surface area (Å²) in [5.41, 5.74) is 3.90. The highest BCUT2D eigenvalue weighted by Crippen LogP contribution is 2.23. The third-order valence-electron chi connectivity index (χ3n) is 7.14. The van der Waals surface area contributed by atoms with E-state index in [0.29, 0.717) is 53.9 Å². The van der Waals surface area contributed by atoms with Crippen LogP contribution in [0.3, 0.4) is 0 Å². The molecule has 0 aliphatic heterocycles. The zero-order valence-electron chi connectivity index (χ0n) is 25.8. The molecule has 0 aliphatic rings. The van der Waals surface area contributed by atoms with Crippen molar-refractivity contribution in [1.29, 1.82) is 0 Å². The number of azo groups is 2. The van der Waals surface area contributed by atoms with Crippen molar-refractivity contribution in [1.82, 2.24) is 19.6 Å². The van der Waals surface area contributed by atoms with E-state index in [0.717, 1.165) is 11.4 Å². The summed E-state index contributed by atoms with van der Waals surface area (Å²) in [7, 11) is 0. The second-order valence-corrected chi connectivity index (χ2v) is 10.6. The Morgan fingerprint density at radius 1 is 0.532 bits per heavy atom. The fraction of sp³-hybridized carbons (Fsp3) is 0.143. The normalized spacial score (nSPS) is 11.4. The van der Waals surface area contributed by atoms with Crippen LogP contribution in [0.1, 0.15) is 17.8 Å². The number of hydrogen-bond acceptors (Lipinski definition) is 8. The van der Waals surface area contributed by atoms with Gasteiger partial charge in [-0.15, -0.1) is 10.2 Å². The quantitative estimate of drug-likeness (QED) is 0.105. The number of hydrogen-bond donors (Lipinski definition) is 2. The van der Waals surface area contributed by atoms with E-state index in [1.165, 1.54) is 9.36 Å². The van der Waals surface area contributed by atoms with E-state index in [9.17, 15) is 9.59 Å². The summed E-state index contributed by atoms with van der Waals surface area (Å²) >= 11 is 0. The first-order chi connectivity index (χ1) is 23.0. The van der Waals surface area contributed by atoms with Crippen LogP contribution in [0.4, 0.5) is 22.7 Å². The molecular weight excluding hydrogens is 596 g/mol. The standard InChI is InChI=1S/C35H32N8O4/c1-24-32(34(44)42(40-24)28-10-5-3-6-11-28)38-36-26-14-18-30(19-15-26)46-22-9-23-47-31-20-16-27(17-21-31)37-39-33-25(2)41-43(35(33)45)29-12-7-4-8-13-29/h3-8,10-21,40-41H,9,22-23H2,1-2H3. The molecule has 2 heterocycles. The smallest absolute Gasteiger partial charge is 0.299 e. The van der Waals surface area contributed by atoms with Crippen LogP contribution in [0.15, 0.2) is 139 Å². The lowest BCUT2D eigenvalue weighted by molar-refractivity contribution is 0.247. The summed E-state index contributed by atoms with van der Waals surface area (Å²) in [6.07, 6.45) is 0.670. The summed E-state index contributed by atoms with van der Waals surface area (Å²) in [6, 6.07) is 33.0. The van der Waals surface area contributed by atoms with E-state index in [1.807, 2.05) is 60.7 Å². The van der Waals surface area contributed by atoms with Gasteiger partial charge in [0.15, 0.2) is 11.4 Å². The maximum atomic E-state index is 12.8. The molecule has 12 nitrogen and oxygen atoms in total. The van der Waals surface area contributed by atoms with Crippen molar-refractivity contribution < 1.29 is 9.47 Å². The molecule has 0 amide bonds. The van der Waals surface area contributed by atoms with Gasteiger partial charge in [0, 0.05) is 6.42 Å². The minimum Gasteiger partial charge on any atom is -0.493 e. The second kappa shape index (κ2) is 14.2. The van der Waals surface area contributed by atoms with Gasteiger partial charge in [-0.2, -0.15) is 10.2 Å². The van der Waals surface area contributed by atoms with Gasteiger partial charge in [0.05, 0.1) is 47.4 Å². The van der Waals surface area contributed by atoms with Gasteiger partial charge in [0.2, 0.25) is 0 Å². The van der Waals surface area contributed by atoms with Crippen LogP contribution < -0.4 is 20.6 Å². The van der Waals surface area contributed by atoms with Gasteiger partial charge in [-0.3, -0.25) is 19.8 Å². The molecule has 0 saturated heterocycles. The van der Waals surface area contributed by atoms with Crippen molar-refractivity contribution in [3.8, 4) is 22.9 Å². The molecule has 0 saturated carbocycles. The number of aromatic nitrogens is 4. The number of rotatable bonds is 12. The van der Waals surface area contributed by atoms with E-state index >= 15 is 0 Å². The van der Waals surface area contributed by atoms with E-state index in [1.54, 1.807) is 62.4 Å². The predicted molar refractivity (Wildman–Crippen MR) is 179 cm³/mol. The zero-order chi connectivity index (χ0) is 32.6. The maximum absolute atomic E-state index is 12.8. The van der Waals surface area contributed by atoms with Gasteiger partial charge in [0.1, 0.15) is 11.5 Å². The Hall–Kier alpha value is -6.30. The van der Waals surface area contributed by atoms with Crippen LogP contribution in [0.25, 0.3) is 11.4 Å². The largest absolute Gasteiger partial charge is 0.493 e. The maximum Gasteiger partial charge on any atom is 0.299 e. The zero-order valence-corrected chi connectivity index (χ0v) is 25.8. The number of aromatic amines is 2. The highest BCUT2D eigenvalue weighted by molar-refractivity contribution is 5.47. The Kier molecular flexibility index (Phi) is 9.28. The van der Waals surface area contributed by atoms with Crippen molar-refractivity contribution in [2.45, 2.75) is 20.3 Å². The molecule has 2 aromatic heterocycles. The Balaban J connectivity index is 0.952. The lowest BCUT2D eigenvalue weighted by atomic mass is 10.3. The lowest BCUT2D eigenvalue weighted by Crippen LogP contribution is -2.13. The van der Waals surface area contributed by atoms with Crippen molar-refractivity contribution in [3.05, 3.63) is 141 Å². The molecule has 4 aromatic carbocycles. The molecule has 0 aliphatic carbocycles. The Morgan fingerprint density at radius 3 is 1.30 bits per heavy atom. The first-order valence-electron chi connectivity index (χ1n) is 15.0. The average Bonchev–Trinajstić information content (AvgIpc) is 3.56. The highest BCUT2D eigenvalue weighted by atomic mass is 16.5. The fourth-order valence-corrected chi connectivity index (χ4v) is 4.70. The van der Waals surface area contributed by atoms with Crippen LogP contribution in [0.5, 0.6) is 11.5 Å². The molecule has 0 atom stereocenters. The number of nitrogens with zero attached hydrogens (tertiary/aromatic N) is 6. The third-order valence-corrected chi connectivity index (χ3v) is 7.14. The molecular formula is C35H32N8O4. The first kappa shape index (κ1) is 30.7. The number of ether oxygens (including phenoxy) is 2. The number of aryl methyl sites for hydroxylation is 2. The summed E-state index contributed by atoms with van der Waals surface area (Å²) < 4.78 is 14.6. The van der Waals surface area contributed by atoms with Gasteiger partial charge in [-0.1, -0.05) is 36.4 Å². The first-order valence-corrected chi connectivity index (χ1v) is 15.0. The number of H-pyrrole nitrogens is 2. The molecule has 6 rings (SSSR count). The Labute approximate surface area is 269 Å². The monoisotopic (exact) mass is 628 g/mol. The summed E-state index contributed by atoms with van der Waals surface area (Å²) in [6.45, 7) is 4.50. The molecule has 236 valence electrons. The van der Waals surface area contributed by atoms with E-state index in [4.69, 9.17) is 9.47 Å². The molecule has 2 N–H and O–H groups in total. The highest BCUT2D eigenvalue weighted by Gasteiger charge is 2.13. The number of nitrogens with one attached hydrogen (secondary N) is 2. The van der Waals surface area contributed by atoms with Crippen LogP contribution >= 0.6 is 0 Å². The SMILES string of the molecule is Cc1[nH]n(-c2ccccc2)c(=O)c1N=Nc1ccc(OCCCOc2ccc(N=Nc3c(C)[nH]n(-c4ccccc4)c3=O)cc2)cc1. The van der Waals surface area contributed by atoms with Crippen LogP contribution in [-0.4, -0.2) is 32.8 Å². The van der Waals surface area contributed by atoms with E-state index in [2.05, 4.69) is 30.7 Å². The van der Waals surface area contributed by atoms with Gasteiger partial charge < -0.3 is 9.47 Å². The van der Waals surface area contributed by atoms with Crippen LogP contribution in [0.2, 0.25) is 0 Å². The molecule has 0 radical (unpaired) electrons. The minimum absolute atomic E-state index is 0.259. The number of para-hydroxylation sites is 2. The lowest BCUT2D eigenvalue weighted by Gasteiger charge is -2.08. The van der Waals surface area contributed by atoms with Crippen molar-refractivity contribution >= 4 is 22.7 Å².